The Hall–Kier alpha value is -0.960. The third kappa shape index (κ3) is 3.14. The highest BCUT2D eigenvalue weighted by Crippen LogP contribution is 2.31. The van der Waals surface area contributed by atoms with Gasteiger partial charge in [-0.05, 0) is 25.0 Å². The van der Waals surface area contributed by atoms with E-state index in [9.17, 15) is 4.79 Å². The number of aryl methyl sites for hydroxylation is 1. The van der Waals surface area contributed by atoms with Crippen molar-refractivity contribution in [2.75, 3.05) is 12.4 Å². The van der Waals surface area contributed by atoms with Crippen molar-refractivity contribution in [2.24, 2.45) is 13.0 Å². The molecule has 19 heavy (non-hydrogen) atoms. The summed E-state index contributed by atoms with van der Waals surface area (Å²) < 4.78 is 2.13. The van der Waals surface area contributed by atoms with E-state index in [1.165, 1.54) is 18.5 Å². The van der Waals surface area contributed by atoms with Crippen LogP contribution in [0, 0.1) is 5.92 Å². The van der Waals surface area contributed by atoms with Crippen molar-refractivity contribution in [3.05, 3.63) is 24.0 Å². The van der Waals surface area contributed by atoms with Crippen LogP contribution in [0.4, 0.5) is 0 Å². The maximum atomic E-state index is 12.5. The minimum absolute atomic E-state index is 0.0949. The van der Waals surface area contributed by atoms with Crippen LogP contribution in [-0.4, -0.2) is 27.8 Å². The summed E-state index contributed by atoms with van der Waals surface area (Å²) in [5.41, 5.74) is 1.23. The van der Waals surface area contributed by atoms with Gasteiger partial charge in [-0.25, -0.2) is 0 Å². The largest absolute Gasteiger partial charge is 0.353 e. The van der Waals surface area contributed by atoms with Crippen LogP contribution >= 0.6 is 11.6 Å². The summed E-state index contributed by atoms with van der Waals surface area (Å²) >= 11 is 5.86. The zero-order valence-electron chi connectivity index (χ0n) is 11.8. The van der Waals surface area contributed by atoms with Gasteiger partial charge in [0.25, 0.3) is 0 Å². The number of carbonyl (C=O) groups excluding carboxylic acids is 1. The zero-order chi connectivity index (χ0) is 13.8. The van der Waals surface area contributed by atoms with Gasteiger partial charge in [0.05, 0.1) is 6.04 Å². The number of rotatable bonds is 3. The molecule has 0 radical (unpaired) electrons. The average molecular weight is 283 g/mol. The summed E-state index contributed by atoms with van der Waals surface area (Å²) in [4.78, 5) is 14.6. The molecule has 1 aliphatic rings. The summed E-state index contributed by atoms with van der Waals surface area (Å²) in [5.74, 6) is 0.500. The lowest BCUT2D eigenvalue weighted by Gasteiger charge is -2.32. The first-order valence-corrected chi connectivity index (χ1v) is 7.66. The van der Waals surface area contributed by atoms with Gasteiger partial charge in [-0.15, -0.1) is 11.6 Å². The Balaban J connectivity index is 2.26. The van der Waals surface area contributed by atoms with Gasteiger partial charge < -0.3 is 9.47 Å². The predicted octanol–water partition coefficient (Wildman–Crippen LogP) is 3.34. The van der Waals surface area contributed by atoms with E-state index in [2.05, 4.69) is 15.5 Å². The minimum Gasteiger partial charge on any atom is -0.353 e. The summed E-state index contributed by atoms with van der Waals surface area (Å²) in [5, 5.41) is 0. The van der Waals surface area contributed by atoms with Crippen LogP contribution in [0.5, 0.6) is 0 Å². The number of carbonyl (C=O) groups is 1. The van der Waals surface area contributed by atoms with Crippen LogP contribution in [0.3, 0.4) is 0 Å². The second-order valence-corrected chi connectivity index (χ2v) is 5.80. The molecule has 0 aliphatic carbocycles. The van der Waals surface area contributed by atoms with Crippen LogP contribution in [0.1, 0.15) is 44.3 Å². The molecule has 2 unspecified atom stereocenters. The molecule has 106 valence electrons. The van der Waals surface area contributed by atoms with E-state index < -0.39 is 0 Å². The monoisotopic (exact) mass is 282 g/mol. The van der Waals surface area contributed by atoms with E-state index in [0.29, 0.717) is 5.88 Å². The van der Waals surface area contributed by atoms with Crippen molar-refractivity contribution in [3.63, 3.8) is 0 Å². The van der Waals surface area contributed by atoms with E-state index in [1.807, 2.05) is 26.2 Å². The fourth-order valence-corrected chi connectivity index (χ4v) is 2.98. The number of alkyl halides is 1. The SMILES string of the molecule is CC(CCl)C(=O)N1CCCCCC1c1cccn1C. The second-order valence-electron chi connectivity index (χ2n) is 5.50. The average Bonchev–Trinajstić information content (AvgIpc) is 2.70. The number of hydrogen-bond donors (Lipinski definition) is 0. The van der Waals surface area contributed by atoms with Crippen LogP contribution in [0.15, 0.2) is 18.3 Å². The fraction of sp³-hybridized carbons (Fsp3) is 0.667. The maximum Gasteiger partial charge on any atom is 0.227 e. The lowest BCUT2D eigenvalue weighted by atomic mass is 10.0. The molecule has 1 aromatic heterocycles. The van der Waals surface area contributed by atoms with Gasteiger partial charge >= 0.3 is 0 Å². The number of halogens is 1. The number of hydrogen-bond acceptors (Lipinski definition) is 1. The van der Waals surface area contributed by atoms with Gasteiger partial charge in [0.2, 0.25) is 5.91 Å². The number of aromatic nitrogens is 1. The van der Waals surface area contributed by atoms with Gasteiger partial charge in [0.1, 0.15) is 0 Å². The quantitative estimate of drug-likeness (QED) is 0.781. The Kier molecular flexibility index (Phi) is 4.92. The Labute approximate surface area is 120 Å². The summed E-state index contributed by atoms with van der Waals surface area (Å²) in [6.45, 7) is 2.78. The van der Waals surface area contributed by atoms with Crippen molar-refractivity contribution in [3.8, 4) is 0 Å². The lowest BCUT2D eigenvalue weighted by Crippen LogP contribution is -2.39. The lowest BCUT2D eigenvalue weighted by molar-refractivity contribution is -0.137. The standard InChI is InChI=1S/C15H23ClN2O/c1-12(11-16)15(19)18-10-5-3-4-7-14(18)13-8-6-9-17(13)2/h6,8-9,12,14H,3-5,7,10-11H2,1-2H3. The molecule has 1 saturated heterocycles. The van der Waals surface area contributed by atoms with Crippen LogP contribution in [0.25, 0.3) is 0 Å². The molecule has 2 atom stereocenters. The Bertz CT molecular complexity index is 430. The Morgan fingerprint density at radius 3 is 2.89 bits per heavy atom. The van der Waals surface area contributed by atoms with Gasteiger partial charge in [0, 0.05) is 37.3 Å². The summed E-state index contributed by atoms with van der Waals surface area (Å²) in [6.07, 6.45) is 6.60. The summed E-state index contributed by atoms with van der Waals surface area (Å²) in [7, 11) is 2.05. The van der Waals surface area contributed by atoms with Gasteiger partial charge in [-0.1, -0.05) is 19.8 Å². The first-order valence-electron chi connectivity index (χ1n) is 7.12. The number of likely N-dealkylation sites (tertiary alicyclic amines) is 1. The second kappa shape index (κ2) is 6.47. The maximum absolute atomic E-state index is 12.5. The fourth-order valence-electron chi connectivity index (χ4n) is 2.85. The predicted molar refractivity (Wildman–Crippen MR) is 78.2 cm³/mol. The smallest absolute Gasteiger partial charge is 0.227 e. The molecule has 1 aliphatic heterocycles. The van der Waals surface area contributed by atoms with Crippen molar-refractivity contribution in [2.45, 2.75) is 38.6 Å². The third-order valence-electron chi connectivity index (χ3n) is 4.01. The molecule has 0 N–H and O–H groups in total. The highest BCUT2D eigenvalue weighted by Gasteiger charge is 2.30. The van der Waals surface area contributed by atoms with Crippen molar-refractivity contribution in [1.82, 2.24) is 9.47 Å². The molecular formula is C15H23ClN2O. The normalized spacial score (nSPS) is 22.1. The van der Waals surface area contributed by atoms with Crippen molar-refractivity contribution >= 4 is 17.5 Å². The highest BCUT2D eigenvalue weighted by atomic mass is 35.5. The Morgan fingerprint density at radius 1 is 1.47 bits per heavy atom. The van der Waals surface area contributed by atoms with E-state index in [-0.39, 0.29) is 17.9 Å². The van der Waals surface area contributed by atoms with Crippen LogP contribution in [-0.2, 0) is 11.8 Å². The van der Waals surface area contributed by atoms with E-state index in [4.69, 9.17) is 11.6 Å². The van der Waals surface area contributed by atoms with E-state index in [0.717, 1.165) is 19.4 Å². The minimum atomic E-state index is -0.0949. The van der Waals surface area contributed by atoms with Crippen molar-refractivity contribution < 1.29 is 4.79 Å². The number of amides is 1. The first kappa shape index (κ1) is 14.4. The van der Waals surface area contributed by atoms with Gasteiger partial charge in [-0.2, -0.15) is 0 Å². The molecule has 0 saturated carbocycles. The molecule has 0 spiro atoms. The highest BCUT2D eigenvalue weighted by molar-refractivity contribution is 6.19. The molecule has 3 nitrogen and oxygen atoms in total. The molecule has 1 fully saturated rings. The molecule has 4 heteroatoms. The molecule has 0 bridgehead atoms. The molecule has 2 heterocycles. The van der Waals surface area contributed by atoms with E-state index >= 15 is 0 Å². The molecule has 2 rings (SSSR count). The summed E-state index contributed by atoms with van der Waals surface area (Å²) in [6, 6.07) is 4.39. The van der Waals surface area contributed by atoms with Crippen molar-refractivity contribution in [1.29, 1.82) is 0 Å². The first-order chi connectivity index (χ1) is 9.15. The zero-order valence-corrected chi connectivity index (χ0v) is 12.6. The molecule has 1 aromatic rings. The molecule has 0 aromatic carbocycles. The van der Waals surface area contributed by atoms with E-state index in [1.54, 1.807) is 0 Å². The molecular weight excluding hydrogens is 260 g/mol. The van der Waals surface area contributed by atoms with Gasteiger partial charge in [0.15, 0.2) is 0 Å². The topological polar surface area (TPSA) is 25.2 Å². The van der Waals surface area contributed by atoms with Crippen LogP contribution in [0.2, 0.25) is 0 Å². The third-order valence-corrected chi connectivity index (χ3v) is 4.48. The van der Waals surface area contributed by atoms with Gasteiger partial charge in [-0.3, -0.25) is 4.79 Å². The molecule has 1 amide bonds. The van der Waals surface area contributed by atoms with Crippen LogP contribution < -0.4 is 0 Å². The number of nitrogens with zero attached hydrogens (tertiary/aromatic N) is 2. The Morgan fingerprint density at radius 2 is 2.26 bits per heavy atom.